The molecule has 7 heteroatoms. The van der Waals surface area contributed by atoms with Gasteiger partial charge >= 0.3 is 5.97 Å². The van der Waals surface area contributed by atoms with Crippen LogP contribution in [-0.2, 0) is 4.79 Å². The molecule has 24 heavy (non-hydrogen) atoms. The number of halogens is 3. The number of benzene rings is 2. The van der Waals surface area contributed by atoms with E-state index >= 15 is 0 Å². The lowest BCUT2D eigenvalue weighted by Gasteiger charge is -2.18. The van der Waals surface area contributed by atoms with Crippen LogP contribution in [0, 0.1) is 24.4 Å². The molecule has 0 saturated heterocycles. The Morgan fingerprint density at radius 1 is 1.08 bits per heavy atom. The zero-order valence-corrected chi connectivity index (χ0v) is 12.6. The van der Waals surface area contributed by atoms with E-state index in [0.717, 1.165) is 18.2 Å². The Hall–Kier alpha value is -2.83. The van der Waals surface area contributed by atoms with Crippen LogP contribution >= 0.6 is 0 Å². The van der Waals surface area contributed by atoms with Crippen LogP contribution in [0.3, 0.4) is 0 Å². The van der Waals surface area contributed by atoms with Crippen LogP contribution in [-0.4, -0.2) is 17.0 Å². The summed E-state index contributed by atoms with van der Waals surface area (Å²) in [6.07, 6.45) is -0.521. The minimum Gasteiger partial charge on any atom is -0.481 e. The Balaban J connectivity index is 2.33. The molecule has 0 saturated carbocycles. The maximum atomic E-state index is 14.0. The quantitative estimate of drug-likeness (QED) is 0.879. The van der Waals surface area contributed by atoms with Crippen LogP contribution in [0.5, 0.6) is 0 Å². The van der Waals surface area contributed by atoms with Crippen molar-refractivity contribution >= 4 is 11.9 Å². The molecule has 0 aliphatic heterocycles. The minimum absolute atomic E-state index is 0.0816. The molecule has 0 fully saturated rings. The molecule has 4 nitrogen and oxygen atoms in total. The summed E-state index contributed by atoms with van der Waals surface area (Å²) in [6, 6.07) is 5.88. The molecule has 0 spiro atoms. The number of aliphatic carboxylic acids is 1. The van der Waals surface area contributed by atoms with Crippen LogP contribution in [0.25, 0.3) is 0 Å². The third-order valence-electron chi connectivity index (χ3n) is 3.47. The highest BCUT2D eigenvalue weighted by Crippen LogP contribution is 2.21. The van der Waals surface area contributed by atoms with Crippen LogP contribution < -0.4 is 5.32 Å². The molecule has 1 unspecified atom stereocenters. The Labute approximate surface area is 135 Å². The van der Waals surface area contributed by atoms with Crippen LogP contribution in [0.4, 0.5) is 13.2 Å². The average Bonchev–Trinajstić information content (AvgIpc) is 2.51. The first-order valence-electron chi connectivity index (χ1n) is 7.02. The molecule has 2 rings (SSSR count). The molecular formula is C17H14F3NO3. The topological polar surface area (TPSA) is 66.4 Å². The Bertz CT molecular complexity index is 775. The van der Waals surface area contributed by atoms with Crippen molar-refractivity contribution in [2.24, 2.45) is 0 Å². The summed E-state index contributed by atoms with van der Waals surface area (Å²) in [5, 5.41) is 11.3. The first-order chi connectivity index (χ1) is 11.3. The van der Waals surface area contributed by atoms with Gasteiger partial charge in [-0.25, -0.2) is 13.2 Å². The van der Waals surface area contributed by atoms with Crippen LogP contribution in [0.15, 0.2) is 36.4 Å². The lowest BCUT2D eigenvalue weighted by molar-refractivity contribution is -0.137. The minimum atomic E-state index is -1.23. The summed E-state index contributed by atoms with van der Waals surface area (Å²) in [7, 11) is 0. The summed E-state index contributed by atoms with van der Waals surface area (Å²) < 4.78 is 40.8. The van der Waals surface area contributed by atoms with Crippen molar-refractivity contribution in [1.29, 1.82) is 0 Å². The van der Waals surface area contributed by atoms with Crippen LogP contribution in [0.2, 0.25) is 0 Å². The molecule has 1 atom stereocenters. The van der Waals surface area contributed by atoms with Gasteiger partial charge in [0, 0.05) is 0 Å². The van der Waals surface area contributed by atoms with E-state index in [-0.39, 0.29) is 5.56 Å². The second kappa shape index (κ2) is 7.16. The highest BCUT2D eigenvalue weighted by atomic mass is 19.1. The lowest BCUT2D eigenvalue weighted by Crippen LogP contribution is -2.31. The van der Waals surface area contributed by atoms with Crippen molar-refractivity contribution in [1.82, 2.24) is 5.32 Å². The fraction of sp³-hybridized carbons (Fsp3) is 0.176. The summed E-state index contributed by atoms with van der Waals surface area (Å²) >= 11 is 0. The highest BCUT2D eigenvalue weighted by molar-refractivity contribution is 5.95. The number of carbonyl (C=O) groups excluding carboxylic acids is 1. The van der Waals surface area contributed by atoms with Gasteiger partial charge in [0.05, 0.1) is 12.5 Å². The number of carbonyl (C=O) groups is 2. The average molecular weight is 337 g/mol. The Kier molecular flexibility index (Phi) is 5.23. The number of carboxylic acids is 1. The predicted octanol–water partition coefficient (Wildman–Crippen LogP) is 3.36. The number of amides is 1. The zero-order chi connectivity index (χ0) is 17.9. The number of aryl methyl sites for hydroxylation is 1. The van der Waals surface area contributed by atoms with Crippen molar-refractivity contribution in [2.45, 2.75) is 19.4 Å². The smallest absolute Gasteiger partial charge is 0.305 e. The largest absolute Gasteiger partial charge is 0.481 e. The summed E-state index contributed by atoms with van der Waals surface area (Å²) in [6.45, 7) is 1.38. The van der Waals surface area contributed by atoms with E-state index in [1.165, 1.54) is 25.1 Å². The standard InChI is InChI=1S/C17H14F3NO3/c1-9-2-7-12(19)15(16(9)20)17(24)21-13(8-14(22)23)10-3-5-11(18)6-4-10/h2-7,13H,8H2,1H3,(H,21,24)(H,22,23). The summed E-state index contributed by atoms with van der Waals surface area (Å²) in [4.78, 5) is 23.2. The van der Waals surface area contributed by atoms with Crippen molar-refractivity contribution in [3.05, 3.63) is 70.5 Å². The van der Waals surface area contributed by atoms with Gasteiger partial charge in [0.25, 0.3) is 5.91 Å². The molecule has 1 amide bonds. The van der Waals surface area contributed by atoms with Gasteiger partial charge < -0.3 is 10.4 Å². The molecule has 2 aromatic carbocycles. The predicted molar refractivity (Wildman–Crippen MR) is 80.0 cm³/mol. The number of hydrogen-bond acceptors (Lipinski definition) is 2. The van der Waals surface area contributed by atoms with Gasteiger partial charge in [-0.3, -0.25) is 9.59 Å². The fourth-order valence-electron chi connectivity index (χ4n) is 2.22. The first-order valence-corrected chi connectivity index (χ1v) is 7.02. The summed E-state index contributed by atoms with van der Waals surface area (Å²) in [5.74, 6) is -4.90. The zero-order valence-electron chi connectivity index (χ0n) is 12.6. The van der Waals surface area contributed by atoms with E-state index in [1.807, 2.05) is 0 Å². The van der Waals surface area contributed by atoms with Crippen molar-refractivity contribution in [2.75, 3.05) is 0 Å². The Morgan fingerprint density at radius 2 is 1.71 bits per heavy atom. The molecular weight excluding hydrogens is 323 g/mol. The SMILES string of the molecule is Cc1ccc(F)c(C(=O)NC(CC(=O)O)c2ccc(F)cc2)c1F. The molecule has 0 radical (unpaired) electrons. The number of hydrogen-bond donors (Lipinski definition) is 2. The van der Waals surface area contributed by atoms with E-state index in [2.05, 4.69) is 5.32 Å². The van der Waals surface area contributed by atoms with Gasteiger partial charge in [0.15, 0.2) is 0 Å². The van der Waals surface area contributed by atoms with E-state index in [1.54, 1.807) is 0 Å². The molecule has 2 aromatic rings. The van der Waals surface area contributed by atoms with E-state index in [4.69, 9.17) is 5.11 Å². The van der Waals surface area contributed by atoms with Gasteiger partial charge in [0.2, 0.25) is 0 Å². The molecule has 0 bridgehead atoms. The Morgan fingerprint density at radius 3 is 2.29 bits per heavy atom. The number of nitrogens with one attached hydrogen (secondary N) is 1. The number of rotatable bonds is 5. The molecule has 0 aromatic heterocycles. The monoisotopic (exact) mass is 337 g/mol. The van der Waals surface area contributed by atoms with Gasteiger partial charge in [-0.2, -0.15) is 0 Å². The fourth-order valence-corrected chi connectivity index (χ4v) is 2.22. The third kappa shape index (κ3) is 3.92. The number of carboxylic acid groups (broad SMARTS) is 1. The van der Waals surface area contributed by atoms with E-state index in [0.29, 0.717) is 5.56 Å². The van der Waals surface area contributed by atoms with Crippen molar-refractivity contribution in [3.63, 3.8) is 0 Å². The molecule has 2 N–H and O–H groups in total. The molecule has 0 aliphatic carbocycles. The van der Waals surface area contributed by atoms with E-state index in [9.17, 15) is 22.8 Å². The van der Waals surface area contributed by atoms with Crippen LogP contribution in [0.1, 0.15) is 33.9 Å². The maximum Gasteiger partial charge on any atom is 0.305 e. The first kappa shape index (κ1) is 17.5. The molecule has 126 valence electrons. The van der Waals surface area contributed by atoms with Crippen molar-refractivity contribution in [3.8, 4) is 0 Å². The van der Waals surface area contributed by atoms with Gasteiger partial charge in [-0.15, -0.1) is 0 Å². The second-order valence-electron chi connectivity index (χ2n) is 5.23. The van der Waals surface area contributed by atoms with Gasteiger partial charge in [-0.05, 0) is 36.2 Å². The molecule has 0 heterocycles. The summed E-state index contributed by atoms with van der Waals surface area (Å²) in [5.41, 5.74) is -0.397. The van der Waals surface area contributed by atoms with E-state index < -0.39 is 47.4 Å². The highest BCUT2D eigenvalue weighted by Gasteiger charge is 2.24. The normalized spacial score (nSPS) is 11.8. The lowest BCUT2D eigenvalue weighted by atomic mass is 10.0. The maximum absolute atomic E-state index is 14.0. The second-order valence-corrected chi connectivity index (χ2v) is 5.23. The third-order valence-corrected chi connectivity index (χ3v) is 3.47. The van der Waals surface area contributed by atoms with Crippen molar-refractivity contribution < 1.29 is 27.9 Å². The molecule has 0 aliphatic rings. The van der Waals surface area contributed by atoms with Gasteiger partial charge in [-0.1, -0.05) is 18.2 Å². The van der Waals surface area contributed by atoms with Gasteiger partial charge in [0.1, 0.15) is 23.0 Å².